The molecule has 0 aromatic heterocycles. The van der Waals surface area contributed by atoms with Gasteiger partial charge in [0.05, 0.1) is 30.1 Å². The van der Waals surface area contributed by atoms with Gasteiger partial charge in [0.2, 0.25) is 5.91 Å². The van der Waals surface area contributed by atoms with E-state index in [0.29, 0.717) is 24.8 Å². The Kier molecular flexibility index (Phi) is 13.7. The quantitative estimate of drug-likeness (QED) is 0.163. The topological polar surface area (TPSA) is 215 Å². The first-order valence-electron chi connectivity index (χ1n) is 21.1. The molecule has 0 radical (unpaired) electrons. The summed E-state index contributed by atoms with van der Waals surface area (Å²) >= 11 is 1.79. The molecule has 3 bridgehead atoms. The SMILES string of the molecule is CC(=O)O[C@@]12CO[C@H]1C[C@@H](O)[C@]1(C)C(=O)[C@H](O)C3=C(C)[C@H]4C[C@](O)([C@@H](OC(=O)CCCCSCCCCCCCC(=O)N[C@@H](c5ccccc5)[C@H](O)C(=O)O4)[C@@H]21)C3(C)C. The number of benzene rings is 1. The Bertz CT molecular complexity index is 1790. The molecular formula is C44H61NO13S. The third-order valence-electron chi connectivity index (χ3n) is 13.8. The number of hydrogen-bond acceptors (Lipinski definition) is 14. The number of carbonyl (C=O) groups is 5. The van der Waals surface area contributed by atoms with Gasteiger partial charge in [0.15, 0.2) is 17.5 Å². The smallest absolute Gasteiger partial charge is 0.338 e. The van der Waals surface area contributed by atoms with Crippen molar-refractivity contribution in [3.05, 3.63) is 47.0 Å². The standard InChI is InChI=1S/C44H61NO13S/c1-25-28-23-44(54)39(37-42(5,38(52)35(50)33(25)41(44,3)4)29(47)22-30-43(37,24-55-30)58-26(2)46)57-32(49)19-13-15-21-59-20-14-8-6-7-12-18-31(48)45-34(36(51)40(53)56-28)27-16-10-9-11-17-27/h9-11,16-17,28-30,34-37,39,47,50-51,54H,6-8,12-15,18-24H2,1-5H3,(H,45,48)/t28-,29-,30+,34+,35-,36+,37-,39+,42+,43+,44+/m1/s1. The van der Waals surface area contributed by atoms with Crippen LogP contribution in [0.5, 0.6) is 0 Å². The number of hydrogen-bond donors (Lipinski definition) is 5. The molecule has 1 aromatic carbocycles. The zero-order valence-corrected chi connectivity index (χ0v) is 35.6. The van der Waals surface area contributed by atoms with Gasteiger partial charge >= 0.3 is 17.9 Å². The number of carbonyl (C=O) groups excluding carboxylic acids is 5. The molecule has 2 heterocycles. The van der Waals surface area contributed by atoms with Crippen LogP contribution in [0.25, 0.3) is 0 Å². The maximum Gasteiger partial charge on any atom is 0.338 e. The number of esters is 3. The summed E-state index contributed by atoms with van der Waals surface area (Å²) in [5.41, 5.74) is -6.78. The first kappa shape index (κ1) is 45.2. The second kappa shape index (κ2) is 17.9. The van der Waals surface area contributed by atoms with Crippen LogP contribution in [0, 0.1) is 16.7 Å². The van der Waals surface area contributed by atoms with Crippen LogP contribution in [0.3, 0.4) is 0 Å². The van der Waals surface area contributed by atoms with E-state index in [0.717, 1.165) is 37.2 Å². The number of fused-ring (bicyclic) bond motifs is 6. The fourth-order valence-electron chi connectivity index (χ4n) is 10.4. The van der Waals surface area contributed by atoms with Crippen LogP contribution >= 0.6 is 11.8 Å². The van der Waals surface area contributed by atoms with E-state index < -0.39 is 101 Å². The average Bonchev–Trinajstić information content (AvgIpc) is 3.18. The molecule has 14 nitrogen and oxygen atoms in total. The van der Waals surface area contributed by atoms with Crippen molar-refractivity contribution in [2.45, 2.75) is 159 Å². The summed E-state index contributed by atoms with van der Waals surface area (Å²) < 4.78 is 24.3. The summed E-state index contributed by atoms with van der Waals surface area (Å²) in [6.07, 6.45) is -4.19. The Balaban J connectivity index is 1.47. The maximum atomic E-state index is 15.0. The van der Waals surface area contributed by atoms with Gasteiger partial charge in [0.25, 0.3) is 0 Å². The second-order valence-corrected chi connectivity index (χ2v) is 19.0. The van der Waals surface area contributed by atoms with Crippen LogP contribution in [0.1, 0.15) is 117 Å². The van der Waals surface area contributed by atoms with E-state index in [1.165, 1.54) is 13.8 Å². The van der Waals surface area contributed by atoms with Crippen molar-refractivity contribution in [3.8, 4) is 0 Å². The molecule has 59 heavy (non-hydrogen) atoms. The normalized spacial score (nSPS) is 39.1. The number of ketones is 1. The highest BCUT2D eigenvalue weighted by atomic mass is 32.2. The Hall–Kier alpha value is -3.34. The first-order chi connectivity index (χ1) is 27.9. The average molecular weight is 844 g/mol. The maximum absolute atomic E-state index is 15.0. The molecule has 5 aliphatic rings. The number of ether oxygens (including phenoxy) is 4. The van der Waals surface area contributed by atoms with E-state index in [4.69, 9.17) is 18.9 Å². The van der Waals surface area contributed by atoms with Gasteiger partial charge in [-0.1, -0.05) is 63.4 Å². The van der Waals surface area contributed by atoms with Crippen molar-refractivity contribution in [2.24, 2.45) is 16.7 Å². The van der Waals surface area contributed by atoms with E-state index in [-0.39, 0.29) is 42.9 Å². The van der Waals surface area contributed by atoms with Gasteiger partial charge in [-0.2, -0.15) is 11.8 Å². The van der Waals surface area contributed by atoms with Crippen LogP contribution in [-0.2, 0) is 42.9 Å². The van der Waals surface area contributed by atoms with Crippen LogP contribution < -0.4 is 5.32 Å². The molecule has 0 spiro atoms. The van der Waals surface area contributed by atoms with Gasteiger partial charge in [-0.3, -0.25) is 19.2 Å². The lowest BCUT2D eigenvalue weighted by Gasteiger charge is -2.67. The Labute approximate surface area is 350 Å². The third kappa shape index (κ3) is 8.36. The number of nitrogens with one attached hydrogen (secondary N) is 1. The number of aliphatic hydroxyl groups excluding tert-OH is 3. The number of aliphatic hydroxyl groups is 4. The monoisotopic (exact) mass is 843 g/mol. The molecule has 4 fully saturated rings. The Morgan fingerprint density at radius 1 is 0.898 bits per heavy atom. The third-order valence-corrected chi connectivity index (χ3v) is 15.0. The molecule has 11 atom stereocenters. The molecule has 2 saturated carbocycles. The van der Waals surface area contributed by atoms with Crippen LogP contribution in [0.2, 0.25) is 0 Å². The van der Waals surface area contributed by atoms with Gasteiger partial charge in [0, 0.05) is 38.0 Å². The molecule has 2 saturated heterocycles. The summed E-state index contributed by atoms with van der Waals surface area (Å²) in [6.45, 7) is 7.12. The molecule has 3 aliphatic carbocycles. The van der Waals surface area contributed by atoms with E-state index in [9.17, 15) is 44.4 Å². The van der Waals surface area contributed by atoms with Crippen LogP contribution in [0.15, 0.2) is 41.5 Å². The van der Waals surface area contributed by atoms with Crippen molar-refractivity contribution in [2.75, 3.05) is 18.1 Å². The van der Waals surface area contributed by atoms with Crippen molar-refractivity contribution in [3.63, 3.8) is 0 Å². The lowest BCUT2D eigenvalue weighted by atomic mass is 9.44. The fraction of sp³-hybridized carbons (Fsp3) is 0.705. The molecule has 15 heteroatoms. The minimum atomic E-state index is -2.26. The molecule has 0 unspecified atom stereocenters. The van der Waals surface area contributed by atoms with Crippen molar-refractivity contribution in [1.29, 1.82) is 0 Å². The minimum Gasteiger partial charge on any atom is -0.459 e. The summed E-state index contributed by atoms with van der Waals surface area (Å²) in [6, 6.07) is 7.30. The fourth-order valence-corrected chi connectivity index (χ4v) is 11.4. The van der Waals surface area contributed by atoms with Crippen molar-refractivity contribution < 1.29 is 63.3 Å². The predicted molar refractivity (Wildman–Crippen MR) is 215 cm³/mol. The summed E-state index contributed by atoms with van der Waals surface area (Å²) in [5.74, 6) is -3.46. The highest BCUT2D eigenvalue weighted by Gasteiger charge is 2.78. The number of Topliss-reactive ketones (excluding diaryl/α,β-unsaturated/α-hetero) is 1. The van der Waals surface area contributed by atoms with E-state index >= 15 is 0 Å². The minimum absolute atomic E-state index is 0.00337. The van der Waals surface area contributed by atoms with E-state index in [2.05, 4.69) is 5.32 Å². The Morgan fingerprint density at radius 2 is 1.54 bits per heavy atom. The molecular weight excluding hydrogens is 783 g/mol. The molecule has 326 valence electrons. The first-order valence-corrected chi connectivity index (χ1v) is 22.2. The van der Waals surface area contributed by atoms with Crippen LogP contribution in [-0.4, -0.2) is 116 Å². The highest BCUT2D eigenvalue weighted by molar-refractivity contribution is 7.99. The molecule has 5 N–H and O–H groups in total. The summed E-state index contributed by atoms with van der Waals surface area (Å²) in [4.78, 5) is 69.2. The van der Waals surface area contributed by atoms with Gasteiger partial charge in [-0.25, -0.2) is 4.79 Å². The zero-order valence-electron chi connectivity index (χ0n) is 34.8. The van der Waals surface area contributed by atoms with Gasteiger partial charge in [0.1, 0.15) is 30.0 Å². The van der Waals surface area contributed by atoms with E-state index in [1.807, 2.05) is 0 Å². The van der Waals surface area contributed by atoms with Crippen molar-refractivity contribution >= 4 is 41.4 Å². The lowest BCUT2D eigenvalue weighted by molar-refractivity contribution is -0.347. The summed E-state index contributed by atoms with van der Waals surface area (Å²) in [7, 11) is 0. The zero-order chi connectivity index (χ0) is 42.9. The summed E-state index contributed by atoms with van der Waals surface area (Å²) in [5, 5.41) is 52.0. The number of thioether (sulfide) groups is 1. The van der Waals surface area contributed by atoms with Crippen molar-refractivity contribution in [1.82, 2.24) is 5.32 Å². The molecule has 1 aromatic rings. The highest BCUT2D eigenvalue weighted by Crippen LogP contribution is 2.64. The molecule has 2 aliphatic heterocycles. The predicted octanol–water partition coefficient (Wildman–Crippen LogP) is 3.80. The number of amides is 1. The van der Waals surface area contributed by atoms with Gasteiger partial charge in [-0.15, -0.1) is 0 Å². The Morgan fingerprint density at radius 3 is 2.20 bits per heavy atom. The van der Waals surface area contributed by atoms with Gasteiger partial charge < -0.3 is 44.7 Å². The lowest BCUT2D eigenvalue weighted by Crippen LogP contribution is -2.81. The molecule has 1 amide bonds. The van der Waals surface area contributed by atoms with Gasteiger partial charge in [-0.05, 0) is 67.7 Å². The molecule has 6 rings (SSSR count). The number of rotatable bonds is 2. The van der Waals surface area contributed by atoms with Crippen LogP contribution in [0.4, 0.5) is 0 Å². The second-order valence-electron chi connectivity index (χ2n) is 17.8. The van der Waals surface area contributed by atoms with E-state index in [1.54, 1.807) is 62.9 Å². The largest absolute Gasteiger partial charge is 0.459 e.